The maximum Gasteiger partial charge on any atom is 0.272 e. The summed E-state index contributed by atoms with van der Waals surface area (Å²) in [4.78, 5) is 20.5. The SMILES string of the molecule is COc1cc(C=NNC(=O)c2cc(-c3ccc(C(C)(C)C)cc3)nc3ccccc23)ccc1OCCN1CCOCC1. The highest BCUT2D eigenvalue weighted by Gasteiger charge is 2.16. The molecule has 1 amide bonds. The number of benzene rings is 3. The second kappa shape index (κ2) is 13.1. The summed E-state index contributed by atoms with van der Waals surface area (Å²) in [6, 6.07) is 23.4. The molecule has 5 rings (SSSR count). The highest BCUT2D eigenvalue weighted by molar-refractivity contribution is 6.07. The number of pyridine rings is 1. The molecule has 3 aromatic carbocycles. The van der Waals surface area contributed by atoms with E-state index in [2.05, 4.69) is 60.5 Å². The number of para-hydroxylation sites is 1. The van der Waals surface area contributed by atoms with Crippen molar-refractivity contribution in [3.05, 3.63) is 89.5 Å². The number of methoxy groups -OCH3 is 1. The predicted octanol–water partition coefficient (Wildman–Crippen LogP) is 5.68. The predicted molar refractivity (Wildman–Crippen MR) is 167 cm³/mol. The molecule has 4 aromatic rings. The molecule has 1 N–H and O–H groups in total. The van der Waals surface area contributed by atoms with Crippen molar-refractivity contribution in [3.63, 3.8) is 0 Å². The zero-order valence-corrected chi connectivity index (χ0v) is 24.7. The Hall–Kier alpha value is -4.27. The first kappa shape index (κ1) is 29.2. The summed E-state index contributed by atoms with van der Waals surface area (Å²) >= 11 is 0. The highest BCUT2D eigenvalue weighted by atomic mass is 16.5. The van der Waals surface area contributed by atoms with Crippen molar-refractivity contribution in [2.24, 2.45) is 5.10 Å². The third-order valence-corrected chi connectivity index (χ3v) is 7.34. The second-order valence-electron chi connectivity index (χ2n) is 11.3. The minimum absolute atomic E-state index is 0.0544. The lowest BCUT2D eigenvalue weighted by Gasteiger charge is -2.26. The fraction of sp³-hybridized carbons (Fsp3) is 0.324. The molecule has 0 radical (unpaired) electrons. The molecule has 0 unspecified atom stereocenters. The molecule has 1 aliphatic heterocycles. The third kappa shape index (κ3) is 7.13. The summed E-state index contributed by atoms with van der Waals surface area (Å²) in [6.07, 6.45) is 1.59. The molecule has 8 heteroatoms. The van der Waals surface area contributed by atoms with Crippen molar-refractivity contribution < 1.29 is 19.0 Å². The summed E-state index contributed by atoms with van der Waals surface area (Å²) < 4.78 is 16.9. The maximum atomic E-state index is 13.3. The molecule has 0 bridgehead atoms. The van der Waals surface area contributed by atoms with Crippen molar-refractivity contribution >= 4 is 23.0 Å². The average molecular weight is 567 g/mol. The first-order valence-electron chi connectivity index (χ1n) is 14.3. The van der Waals surface area contributed by atoms with Crippen molar-refractivity contribution in [1.82, 2.24) is 15.3 Å². The zero-order chi connectivity index (χ0) is 29.5. The van der Waals surface area contributed by atoms with E-state index in [1.807, 2.05) is 48.5 Å². The Kier molecular flexibility index (Phi) is 9.15. The molecular formula is C34H38N4O4. The second-order valence-corrected chi connectivity index (χ2v) is 11.3. The van der Waals surface area contributed by atoms with Crippen LogP contribution >= 0.6 is 0 Å². The fourth-order valence-corrected chi connectivity index (χ4v) is 4.87. The third-order valence-electron chi connectivity index (χ3n) is 7.34. The molecule has 0 atom stereocenters. The average Bonchev–Trinajstić information content (AvgIpc) is 3.01. The summed E-state index contributed by atoms with van der Waals surface area (Å²) in [5.41, 5.74) is 7.69. The Labute approximate surface area is 247 Å². The van der Waals surface area contributed by atoms with E-state index in [4.69, 9.17) is 19.2 Å². The van der Waals surface area contributed by atoms with Gasteiger partial charge >= 0.3 is 0 Å². The van der Waals surface area contributed by atoms with Gasteiger partial charge in [0.1, 0.15) is 6.61 Å². The van der Waals surface area contributed by atoms with Crippen molar-refractivity contribution in [1.29, 1.82) is 0 Å². The van der Waals surface area contributed by atoms with Gasteiger partial charge in [0.05, 0.1) is 43.3 Å². The number of nitrogens with one attached hydrogen (secondary N) is 1. The summed E-state index contributed by atoms with van der Waals surface area (Å²) in [5.74, 6) is 0.959. The molecule has 1 fully saturated rings. The molecule has 8 nitrogen and oxygen atoms in total. The number of amides is 1. The first-order chi connectivity index (χ1) is 20.3. The molecule has 2 heterocycles. The van der Waals surface area contributed by atoms with E-state index in [0.29, 0.717) is 23.7 Å². The molecule has 1 saturated heterocycles. The topological polar surface area (TPSA) is 85.3 Å². The monoisotopic (exact) mass is 566 g/mol. The van der Waals surface area contributed by atoms with Gasteiger partial charge in [-0.1, -0.05) is 63.2 Å². The van der Waals surface area contributed by atoms with Crippen molar-refractivity contribution in [2.75, 3.05) is 46.6 Å². The summed E-state index contributed by atoms with van der Waals surface area (Å²) in [7, 11) is 1.61. The summed E-state index contributed by atoms with van der Waals surface area (Å²) in [6.45, 7) is 11.3. The van der Waals surface area contributed by atoms with Crippen LogP contribution in [0.4, 0.5) is 0 Å². The number of fused-ring (bicyclic) bond motifs is 1. The van der Waals surface area contributed by atoms with Crippen LogP contribution in [0.5, 0.6) is 11.5 Å². The van der Waals surface area contributed by atoms with Gasteiger partial charge in [-0.15, -0.1) is 0 Å². The standard InChI is InChI=1S/C34H38N4O4/c1-34(2,3)26-12-10-25(11-13-26)30-22-28(27-7-5-6-8-29(27)36-30)33(39)37-35-23-24-9-14-31(32(21-24)40-4)42-20-17-38-15-18-41-19-16-38/h5-14,21-23H,15-20H2,1-4H3,(H,37,39). The smallest absolute Gasteiger partial charge is 0.272 e. The summed E-state index contributed by atoms with van der Waals surface area (Å²) in [5, 5.41) is 5.00. The van der Waals surface area contributed by atoms with Crippen LogP contribution in [-0.4, -0.2) is 68.6 Å². The number of carbonyl (C=O) groups excluding carboxylic acids is 1. The lowest BCUT2D eigenvalue weighted by molar-refractivity contribution is 0.0321. The minimum atomic E-state index is -0.313. The number of nitrogens with zero attached hydrogens (tertiary/aromatic N) is 3. The Morgan fingerprint density at radius 1 is 1.02 bits per heavy atom. The number of morpholine rings is 1. The van der Waals surface area contributed by atoms with Gasteiger partial charge in [0, 0.05) is 30.6 Å². The van der Waals surface area contributed by atoms with Gasteiger partial charge < -0.3 is 14.2 Å². The van der Waals surface area contributed by atoms with Gasteiger partial charge in [0.25, 0.3) is 5.91 Å². The Morgan fingerprint density at radius 3 is 2.52 bits per heavy atom. The number of aromatic nitrogens is 1. The Morgan fingerprint density at radius 2 is 1.79 bits per heavy atom. The van der Waals surface area contributed by atoms with E-state index in [-0.39, 0.29) is 11.3 Å². The Balaban J connectivity index is 1.28. The van der Waals surface area contributed by atoms with Crippen LogP contribution in [0.25, 0.3) is 22.2 Å². The van der Waals surface area contributed by atoms with Gasteiger partial charge in [-0.25, -0.2) is 10.4 Å². The number of hydrazone groups is 1. The van der Waals surface area contributed by atoms with E-state index in [9.17, 15) is 4.79 Å². The first-order valence-corrected chi connectivity index (χ1v) is 14.3. The molecular weight excluding hydrogens is 528 g/mol. The number of hydrogen-bond donors (Lipinski definition) is 1. The highest BCUT2D eigenvalue weighted by Crippen LogP contribution is 2.29. The number of hydrogen-bond acceptors (Lipinski definition) is 7. The number of ether oxygens (including phenoxy) is 3. The van der Waals surface area contributed by atoms with Crippen LogP contribution in [-0.2, 0) is 10.2 Å². The molecule has 42 heavy (non-hydrogen) atoms. The molecule has 0 aliphatic carbocycles. The molecule has 0 spiro atoms. The minimum Gasteiger partial charge on any atom is -0.493 e. The number of rotatable bonds is 9. The maximum absolute atomic E-state index is 13.3. The number of carbonyl (C=O) groups is 1. The van der Waals surface area contributed by atoms with E-state index in [1.54, 1.807) is 13.3 Å². The molecule has 1 aromatic heterocycles. The Bertz CT molecular complexity index is 1550. The van der Waals surface area contributed by atoms with Gasteiger partial charge in [-0.3, -0.25) is 9.69 Å². The van der Waals surface area contributed by atoms with Crippen molar-refractivity contribution in [2.45, 2.75) is 26.2 Å². The van der Waals surface area contributed by atoms with Crippen LogP contribution in [0.15, 0.2) is 77.9 Å². The van der Waals surface area contributed by atoms with Crippen LogP contribution in [0, 0.1) is 0 Å². The van der Waals surface area contributed by atoms with Crippen LogP contribution in [0.2, 0.25) is 0 Å². The van der Waals surface area contributed by atoms with Gasteiger partial charge in [-0.05, 0) is 46.9 Å². The molecule has 1 aliphatic rings. The van der Waals surface area contributed by atoms with Gasteiger partial charge in [0.15, 0.2) is 11.5 Å². The van der Waals surface area contributed by atoms with E-state index in [1.165, 1.54) is 5.56 Å². The van der Waals surface area contributed by atoms with E-state index in [0.717, 1.165) is 60.6 Å². The van der Waals surface area contributed by atoms with Crippen LogP contribution < -0.4 is 14.9 Å². The van der Waals surface area contributed by atoms with Crippen molar-refractivity contribution in [3.8, 4) is 22.8 Å². The largest absolute Gasteiger partial charge is 0.493 e. The van der Waals surface area contributed by atoms with Crippen LogP contribution in [0.3, 0.4) is 0 Å². The normalized spacial score (nSPS) is 14.3. The molecule has 218 valence electrons. The lowest BCUT2D eigenvalue weighted by Crippen LogP contribution is -2.38. The fourth-order valence-electron chi connectivity index (χ4n) is 4.87. The zero-order valence-electron chi connectivity index (χ0n) is 24.7. The quantitative estimate of drug-likeness (QED) is 0.207. The lowest BCUT2D eigenvalue weighted by atomic mass is 9.86. The van der Waals surface area contributed by atoms with Gasteiger partial charge in [0.2, 0.25) is 0 Å². The van der Waals surface area contributed by atoms with Gasteiger partial charge in [-0.2, -0.15) is 5.10 Å². The van der Waals surface area contributed by atoms with Crippen LogP contribution in [0.1, 0.15) is 42.3 Å². The molecule has 0 saturated carbocycles. The van der Waals surface area contributed by atoms with E-state index < -0.39 is 0 Å². The van der Waals surface area contributed by atoms with E-state index >= 15 is 0 Å².